The fourth-order valence-electron chi connectivity index (χ4n) is 3.75. The average Bonchev–Trinajstić information content (AvgIpc) is 3.41. The molecule has 1 saturated carbocycles. The summed E-state index contributed by atoms with van der Waals surface area (Å²) in [5.41, 5.74) is 0.936. The Labute approximate surface area is 142 Å². The zero-order valence-corrected chi connectivity index (χ0v) is 13.9. The second-order valence-electron chi connectivity index (χ2n) is 7.02. The van der Waals surface area contributed by atoms with Crippen LogP contribution < -0.4 is 0 Å². The van der Waals surface area contributed by atoms with Gasteiger partial charge in [-0.1, -0.05) is 6.07 Å². The van der Waals surface area contributed by atoms with Gasteiger partial charge in [0.05, 0.1) is 18.3 Å². The lowest BCUT2D eigenvalue weighted by Gasteiger charge is -2.37. The van der Waals surface area contributed by atoms with Gasteiger partial charge < -0.3 is 9.80 Å². The minimum absolute atomic E-state index is 0.0214. The second kappa shape index (κ2) is 6.51. The highest BCUT2D eigenvalue weighted by atomic mass is 16.2. The van der Waals surface area contributed by atoms with Crippen LogP contribution in [0.15, 0.2) is 24.4 Å². The lowest BCUT2D eigenvalue weighted by atomic mass is 10.1. The molecular weight excluding hydrogens is 304 g/mol. The standard InChI is InChI=1S/C18H24N4O2/c23-17(14-4-5-14)21-11-9-20(10-12-21)16-6-8-22(18(16)24)13-15-3-1-2-7-19-15/h1-3,7,14,16H,4-6,8-13H2. The molecule has 0 radical (unpaired) electrons. The van der Waals surface area contributed by atoms with E-state index in [0.29, 0.717) is 18.4 Å². The van der Waals surface area contributed by atoms with E-state index < -0.39 is 0 Å². The Bertz CT molecular complexity index is 609. The molecule has 2 amide bonds. The Balaban J connectivity index is 1.31. The van der Waals surface area contributed by atoms with Crippen LogP contribution >= 0.6 is 0 Å². The largest absolute Gasteiger partial charge is 0.340 e. The summed E-state index contributed by atoms with van der Waals surface area (Å²) >= 11 is 0. The van der Waals surface area contributed by atoms with Gasteiger partial charge in [-0.15, -0.1) is 0 Å². The normalized spacial score (nSPS) is 25.3. The Morgan fingerprint density at radius 2 is 1.88 bits per heavy atom. The number of amides is 2. The van der Waals surface area contributed by atoms with Crippen molar-refractivity contribution in [3.05, 3.63) is 30.1 Å². The van der Waals surface area contributed by atoms with Crippen LogP contribution in [0.2, 0.25) is 0 Å². The van der Waals surface area contributed by atoms with Crippen LogP contribution in [0, 0.1) is 5.92 Å². The fourth-order valence-corrected chi connectivity index (χ4v) is 3.75. The number of carbonyl (C=O) groups excluding carboxylic acids is 2. The monoisotopic (exact) mass is 328 g/mol. The van der Waals surface area contributed by atoms with Gasteiger partial charge in [-0.05, 0) is 31.4 Å². The molecule has 24 heavy (non-hydrogen) atoms. The van der Waals surface area contributed by atoms with Crippen molar-refractivity contribution in [2.75, 3.05) is 32.7 Å². The number of carbonyl (C=O) groups is 2. The summed E-state index contributed by atoms with van der Waals surface area (Å²) in [6.45, 7) is 4.54. The Morgan fingerprint density at radius 3 is 2.54 bits per heavy atom. The molecule has 0 N–H and O–H groups in total. The Hall–Kier alpha value is -1.95. The first kappa shape index (κ1) is 15.6. The molecule has 6 heteroatoms. The molecule has 0 aromatic carbocycles. The summed E-state index contributed by atoms with van der Waals surface area (Å²) in [7, 11) is 0. The van der Waals surface area contributed by atoms with Gasteiger partial charge >= 0.3 is 0 Å². The maximum atomic E-state index is 12.7. The van der Waals surface area contributed by atoms with Crippen molar-refractivity contribution < 1.29 is 9.59 Å². The van der Waals surface area contributed by atoms with Crippen LogP contribution in [0.4, 0.5) is 0 Å². The summed E-state index contributed by atoms with van der Waals surface area (Å²) in [5, 5.41) is 0. The minimum Gasteiger partial charge on any atom is -0.340 e. The van der Waals surface area contributed by atoms with Crippen molar-refractivity contribution in [1.29, 1.82) is 0 Å². The number of hydrogen-bond donors (Lipinski definition) is 0. The van der Waals surface area contributed by atoms with Crippen molar-refractivity contribution in [3.63, 3.8) is 0 Å². The second-order valence-corrected chi connectivity index (χ2v) is 7.02. The van der Waals surface area contributed by atoms with E-state index in [9.17, 15) is 9.59 Å². The van der Waals surface area contributed by atoms with Gasteiger partial charge in [0.2, 0.25) is 11.8 Å². The van der Waals surface area contributed by atoms with Crippen LogP contribution in [-0.4, -0.2) is 70.3 Å². The molecule has 128 valence electrons. The van der Waals surface area contributed by atoms with E-state index in [0.717, 1.165) is 57.7 Å². The van der Waals surface area contributed by atoms with Gasteiger partial charge in [-0.2, -0.15) is 0 Å². The molecule has 4 rings (SSSR count). The predicted molar refractivity (Wildman–Crippen MR) is 88.9 cm³/mol. The first-order chi connectivity index (χ1) is 11.7. The highest BCUT2D eigenvalue weighted by Gasteiger charge is 2.39. The van der Waals surface area contributed by atoms with Gasteiger partial charge in [0, 0.05) is 44.8 Å². The van der Waals surface area contributed by atoms with Gasteiger partial charge in [0.25, 0.3) is 0 Å². The summed E-state index contributed by atoms with van der Waals surface area (Å²) in [5.74, 6) is 0.824. The lowest BCUT2D eigenvalue weighted by Crippen LogP contribution is -2.54. The van der Waals surface area contributed by atoms with E-state index in [4.69, 9.17) is 0 Å². The highest BCUT2D eigenvalue weighted by molar-refractivity contribution is 5.84. The van der Waals surface area contributed by atoms with Crippen LogP contribution in [-0.2, 0) is 16.1 Å². The van der Waals surface area contributed by atoms with Crippen LogP contribution in [0.3, 0.4) is 0 Å². The van der Waals surface area contributed by atoms with Crippen LogP contribution in [0.5, 0.6) is 0 Å². The number of nitrogens with zero attached hydrogens (tertiary/aromatic N) is 4. The molecule has 3 fully saturated rings. The number of pyridine rings is 1. The van der Waals surface area contributed by atoms with Crippen LogP contribution in [0.25, 0.3) is 0 Å². The first-order valence-corrected chi connectivity index (χ1v) is 8.94. The molecule has 2 aliphatic heterocycles. The third-order valence-electron chi connectivity index (χ3n) is 5.34. The number of aromatic nitrogens is 1. The van der Waals surface area contributed by atoms with E-state index in [1.54, 1.807) is 6.20 Å². The van der Waals surface area contributed by atoms with E-state index in [1.807, 2.05) is 28.0 Å². The van der Waals surface area contributed by atoms with Crippen molar-refractivity contribution >= 4 is 11.8 Å². The molecule has 1 aromatic heterocycles. The van der Waals surface area contributed by atoms with Crippen molar-refractivity contribution in [2.45, 2.75) is 31.8 Å². The summed E-state index contributed by atoms with van der Waals surface area (Å²) in [6.07, 6.45) is 4.76. The minimum atomic E-state index is -0.0214. The molecule has 1 atom stereocenters. The maximum Gasteiger partial charge on any atom is 0.240 e. The number of hydrogen-bond acceptors (Lipinski definition) is 4. The molecular formula is C18H24N4O2. The average molecular weight is 328 g/mol. The van der Waals surface area contributed by atoms with Gasteiger partial charge in [-0.3, -0.25) is 19.5 Å². The molecule has 3 heterocycles. The number of rotatable bonds is 4. The highest BCUT2D eigenvalue weighted by Crippen LogP contribution is 2.31. The van der Waals surface area contributed by atoms with Gasteiger partial charge in [0.15, 0.2) is 0 Å². The van der Waals surface area contributed by atoms with E-state index in [2.05, 4.69) is 9.88 Å². The predicted octanol–water partition coefficient (Wildman–Crippen LogP) is 0.737. The zero-order valence-electron chi connectivity index (χ0n) is 13.9. The van der Waals surface area contributed by atoms with Crippen molar-refractivity contribution in [1.82, 2.24) is 19.7 Å². The van der Waals surface area contributed by atoms with Gasteiger partial charge in [-0.25, -0.2) is 0 Å². The van der Waals surface area contributed by atoms with E-state index in [1.165, 1.54) is 0 Å². The van der Waals surface area contributed by atoms with Crippen LogP contribution in [0.1, 0.15) is 25.0 Å². The molecule has 0 spiro atoms. The molecule has 2 saturated heterocycles. The smallest absolute Gasteiger partial charge is 0.240 e. The quantitative estimate of drug-likeness (QED) is 0.818. The SMILES string of the molecule is O=C(C1CC1)N1CCN(C2CCN(Cc3ccccn3)C2=O)CC1. The molecule has 1 aliphatic carbocycles. The summed E-state index contributed by atoms with van der Waals surface area (Å²) in [6, 6.07) is 5.78. The number of piperazine rings is 1. The van der Waals surface area contributed by atoms with Crippen molar-refractivity contribution in [3.8, 4) is 0 Å². The zero-order chi connectivity index (χ0) is 16.5. The third-order valence-corrected chi connectivity index (χ3v) is 5.34. The lowest BCUT2D eigenvalue weighted by molar-refractivity contribution is -0.136. The Morgan fingerprint density at radius 1 is 1.08 bits per heavy atom. The third kappa shape index (κ3) is 3.15. The molecule has 6 nitrogen and oxygen atoms in total. The summed E-state index contributed by atoms with van der Waals surface area (Å²) in [4.78, 5) is 35.3. The Kier molecular flexibility index (Phi) is 4.22. The van der Waals surface area contributed by atoms with E-state index >= 15 is 0 Å². The molecule has 1 unspecified atom stereocenters. The summed E-state index contributed by atoms with van der Waals surface area (Å²) < 4.78 is 0. The molecule has 0 bridgehead atoms. The van der Waals surface area contributed by atoms with E-state index in [-0.39, 0.29) is 11.9 Å². The molecule has 3 aliphatic rings. The fraction of sp³-hybridized carbons (Fsp3) is 0.611. The first-order valence-electron chi connectivity index (χ1n) is 8.94. The number of likely N-dealkylation sites (tertiary alicyclic amines) is 1. The van der Waals surface area contributed by atoms with Crippen molar-refractivity contribution in [2.24, 2.45) is 5.92 Å². The topological polar surface area (TPSA) is 56.8 Å². The maximum absolute atomic E-state index is 12.7. The molecule has 1 aromatic rings. The van der Waals surface area contributed by atoms with Gasteiger partial charge in [0.1, 0.15) is 0 Å².